The van der Waals surface area contributed by atoms with Crippen molar-refractivity contribution in [3.05, 3.63) is 108 Å². The number of aryl methyl sites for hydroxylation is 1. The Morgan fingerprint density at radius 2 is 1.65 bits per heavy atom. The van der Waals surface area contributed by atoms with Gasteiger partial charge >= 0.3 is 29.6 Å². The van der Waals surface area contributed by atoms with Crippen LogP contribution in [0.5, 0.6) is 5.75 Å². The van der Waals surface area contributed by atoms with E-state index in [1.54, 1.807) is 6.07 Å². The Bertz CT molecular complexity index is 1270. The van der Waals surface area contributed by atoms with Crippen molar-refractivity contribution >= 4 is 5.97 Å². The van der Waals surface area contributed by atoms with E-state index in [1.165, 1.54) is 0 Å². The Morgan fingerprint density at radius 1 is 1.03 bits per heavy atom. The number of aliphatic carboxylic acids is 1. The summed E-state index contributed by atoms with van der Waals surface area (Å²) in [6, 6.07) is 26.2. The van der Waals surface area contributed by atoms with Gasteiger partial charge in [0.25, 0.3) is 5.97 Å². The third kappa shape index (κ3) is 7.45. The van der Waals surface area contributed by atoms with Crippen LogP contribution < -0.4 is 34.7 Å². The van der Waals surface area contributed by atoms with Gasteiger partial charge in [-0.25, -0.2) is 4.98 Å². The van der Waals surface area contributed by atoms with Crippen LogP contribution in [0.25, 0.3) is 22.6 Å². The molecule has 2 atom stereocenters. The molecule has 6 heteroatoms. The van der Waals surface area contributed by atoms with Crippen molar-refractivity contribution in [3.63, 3.8) is 0 Å². The normalized spacial score (nSPS) is 16.3. The molecule has 0 spiro atoms. The van der Waals surface area contributed by atoms with Crippen LogP contribution in [0.4, 0.5) is 0 Å². The molecule has 5 nitrogen and oxygen atoms in total. The second-order valence-electron chi connectivity index (χ2n) is 9.06. The minimum absolute atomic E-state index is 0. The largest absolute Gasteiger partial charge is 1.00 e. The van der Waals surface area contributed by atoms with E-state index >= 15 is 0 Å². The summed E-state index contributed by atoms with van der Waals surface area (Å²) in [7, 11) is 0. The molecule has 0 aliphatic heterocycles. The second-order valence-corrected chi connectivity index (χ2v) is 9.06. The molecule has 5 rings (SSSR count). The molecule has 0 saturated carbocycles. The average Bonchev–Trinajstić information content (AvgIpc) is 3.33. The van der Waals surface area contributed by atoms with Gasteiger partial charge in [-0.15, -0.1) is 5.75 Å². The maximum absolute atomic E-state index is 12.1. The van der Waals surface area contributed by atoms with Crippen molar-refractivity contribution in [3.8, 4) is 28.3 Å². The van der Waals surface area contributed by atoms with E-state index in [4.69, 9.17) is 19.3 Å². The molecule has 0 radical (unpaired) electrons. The Balaban J connectivity index is 0.000000711. The van der Waals surface area contributed by atoms with Crippen LogP contribution in [-0.4, -0.2) is 16.1 Å². The minimum Gasteiger partial charge on any atom is -0.872 e. The number of hydrogen-bond donors (Lipinski definition) is 1. The molecule has 184 valence electrons. The van der Waals surface area contributed by atoms with E-state index in [1.807, 2.05) is 49.4 Å². The topological polar surface area (TPSA) is 86.4 Å². The van der Waals surface area contributed by atoms with Gasteiger partial charge in [0.1, 0.15) is 5.69 Å². The maximum Gasteiger partial charge on any atom is 1.00 e. The van der Waals surface area contributed by atoms with Crippen molar-refractivity contribution < 1.29 is 49.0 Å². The summed E-state index contributed by atoms with van der Waals surface area (Å²) >= 11 is 0. The summed E-state index contributed by atoms with van der Waals surface area (Å²) in [5, 5.41) is 19.6. The van der Waals surface area contributed by atoms with Gasteiger partial charge in [0, 0.05) is 24.0 Å². The van der Waals surface area contributed by atoms with E-state index in [0.29, 0.717) is 0 Å². The molecule has 1 N–H and O–H groups in total. The average molecular weight is 504 g/mol. The molecule has 3 aromatic carbocycles. The summed E-state index contributed by atoms with van der Waals surface area (Å²) in [6.07, 6.45) is 7.31. The number of aromatic nitrogens is 1. The SMILES string of the molecule is CC(=O)O.Cc1ccc(CC2C=CCCC2c2nc(-c3ccccc3)c(-c3ccccc3)o2)cc1[O-].[Na+]. The van der Waals surface area contributed by atoms with E-state index in [-0.39, 0.29) is 47.1 Å². The monoisotopic (exact) mass is 503 g/mol. The van der Waals surface area contributed by atoms with Gasteiger partial charge in [0.2, 0.25) is 0 Å². The van der Waals surface area contributed by atoms with Crippen LogP contribution in [0.1, 0.15) is 42.7 Å². The number of carbonyl (C=O) groups is 1. The Hall–Kier alpha value is -3.12. The molecule has 1 aliphatic carbocycles. The smallest absolute Gasteiger partial charge is 0.872 e. The molecule has 0 amide bonds. The third-order valence-corrected chi connectivity index (χ3v) is 6.31. The minimum atomic E-state index is -0.833. The van der Waals surface area contributed by atoms with Crippen molar-refractivity contribution in [2.45, 2.75) is 39.0 Å². The van der Waals surface area contributed by atoms with E-state index in [0.717, 1.165) is 65.8 Å². The zero-order chi connectivity index (χ0) is 25.5. The zero-order valence-corrected chi connectivity index (χ0v) is 23.6. The van der Waals surface area contributed by atoms with Gasteiger partial charge in [0.05, 0.1) is 0 Å². The van der Waals surface area contributed by atoms with Crippen molar-refractivity contribution in [2.75, 3.05) is 0 Å². The Labute approximate surface area is 240 Å². The number of oxazole rings is 1. The molecule has 1 heterocycles. The molecular weight excluding hydrogens is 473 g/mol. The maximum atomic E-state index is 12.1. The number of allylic oxidation sites excluding steroid dienone is 2. The van der Waals surface area contributed by atoms with Gasteiger partial charge in [-0.3, -0.25) is 4.79 Å². The van der Waals surface area contributed by atoms with E-state index in [9.17, 15) is 5.11 Å². The first kappa shape index (κ1) is 28.5. The first-order chi connectivity index (χ1) is 17.4. The Kier molecular flexibility index (Phi) is 10.3. The second kappa shape index (κ2) is 13.4. The molecule has 2 unspecified atom stereocenters. The number of rotatable bonds is 5. The van der Waals surface area contributed by atoms with Gasteiger partial charge < -0.3 is 14.6 Å². The predicted molar refractivity (Wildman–Crippen MR) is 140 cm³/mol. The number of hydrogen-bond acceptors (Lipinski definition) is 4. The van der Waals surface area contributed by atoms with E-state index in [2.05, 4.69) is 42.5 Å². The van der Waals surface area contributed by atoms with Crippen molar-refractivity contribution in [1.29, 1.82) is 0 Å². The van der Waals surface area contributed by atoms with E-state index < -0.39 is 5.97 Å². The van der Waals surface area contributed by atoms with Gasteiger partial charge in [-0.05, 0) is 37.7 Å². The molecule has 0 saturated heterocycles. The van der Waals surface area contributed by atoms with Crippen LogP contribution in [-0.2, 0) is 11.2 Å². The fourth-order valence-corrected chi connectivity index (χ4v) is 4.53. The predicted octanol–water partition coefficient (Wildman–Crippen LogP) is 3.78. The van der Waals surface area contributed by atoms with Gasteiger partial charge in [0.15, 0.2) is 11.7 Å². The number of carboxylic acids is 1. The van der Waals surface area contributed by atoms with Gasteiger partial charge in [-0.2, -0.15) is 0 Å². The summed E-state index contributed by atoms with van der Waals surface area (Å²) in [5.41, 5.74) is 4.83. The molecule has 37 heavy (non-hydrogen) atoms. The first-order valence-corrected chi connectivity index (χ1v) is 12.2. The van der Waals surface area contributed by atoms with Crippen LogP contribution in [0.15, 0.2) is 95.4 Å². The number of carboxylic acid groups (broad SMARTS) is 1. The molecule has 1 aromatic heterocycles. The van der Waals surface area contributed by atoms with Crippen LogP contribution in [0.3, 0.4) is 0 Å². The summed E-state index contributed by atoms with van der Waals surface area (Å²) in [4.78, 5) is 14.0. The summed E-state index contributed by atoms with van der Waals surface area (Å²) < 4.78 is 6.50. The molecule has 0 fully saturated rings. The molecule has 4 aromatic rings. The first-order valence-electron chi connectivity index (χ1n) is 12.2. The van der Waals surface area contributed by atoms with Crippen molar-refractivity contribution in [2.24, 2.45) is 5.92 Å². The fraction of sp³-hybridized carbons (Fsp3) is 0.226. The zero-order valence-electron chi connectivity index (χ0n) is 21.6. The Morgan fingerprint density at radius 3 is 2.27 bits per heavy atom. The van der Waals surface area contributed by atoms with Crippen LogP contribution in [0, 0.1) is 12.8 Å². The fourth-order valence-electron chi connectivity index (χ4n) is 4.53. The molecule has 1 aliphatic rings. The quantitative estimate of drug-likeness (QED) is 0.331. The van der Waals surface area contributed by atoms with Crippen molar-refractivity contribution in [1.82, 2.24) is 4.98 Å². The van der Waals surface area contributed by atoms with Crippen LogP contribution in [0.2, 0.25) is 0 Å². The molecular formula is C31H30NNaO4. The number of nitrogens with zero attached hydrogens (tertiary/aromatic N) is 1. The summed E-state index contributed by atoms with van der Waals surface area (Å²) in [5.74, 6) is 1.30. The van der Waals surface area contributed by atoms with Gasteiger partial charge in [-0.1, -0.05) is 96.6 Å². The summed E-state index contributed by atoms with van der Waals surface area (Å²) in [6.45, 7) is 2.94. The molecule has 0 bridgehead atoms. The number of benzene rings is 3. The third-order valence-electron chi connectivity index (χ3n) is 6.31. The van der Waals surface area contributed by atoms with Crippen LogP contribution >= 0.6 is 0 Å². The standard InChI is InChI=1S/C29H27NO2.C2H4O2.Na/c1-20-16-17-21(19-26(20)31)18-24-14-8-9-15-25(24)29-30-27(22-10-4-2-5-11-22)28(32-29)23-12-6-3-7-13-23;1-2(3)4;/h2-8,10-14,16-17,19,24-25,31H,9,15,18H2,1H3;1H3,(H,3,4);/q;;+1/p-1.